The molecule has 0 aliphatic rings. The lowest BCUT2D eigenvalue weighted by Gasteiger charge is -2.16. The van der Waals surface area contributed by atoms with E-state index in [1.165, 1.54) is 0 Å². The summed E-state index contributed by atoms with van der Waals surface area (Å²) in [5.41, 5.74) is 0.676. The average Bonchev–Trinajstić information content (AvgIpc) is 2.32. The van der Waals surface area contributed by atoms with Gasteiger partial charge in [0.2, 0.25) is 5.91 Å². The predicted molar refractivity (Wildman–Crippen MR) is 74.4 cm³/mol. The summed E-state index contributed by atoms with van der Waals surface area (Å²) in [4.78, 5) is 11.7. The molecule has 0 saturated carbocycles. The topological polar surface area (TPSA) is 50.4 Å². The number of halogens is 2. The number of carbonyl (C=O) groups is 1. The van der Waals surface area contributed by atoms with Crippen LogP contribution in [0.5, 0.6) is 0 Å². The second kappa shape index (κ2) is 7.46. The van der Waals surface area contributed by atoms with Crippen molar-refractivity contribution in [2.45, 2.75) is 13.0 Å². The number of hydrogen-bond donors (Lipinski definition) is 2. The third kappa shape index (κ3) is 4.72. The number of nitrogens with one attached hydrogen (secondary N) is 2. The first kappa shape index (κ1) is 15.1. The Morgan fingerprint density at radius 3 is 2.78 bits per heavy atom. The molecule has 0 spiro atoms. The smallest absolute Gasteiger partial charge is 0.242 e. The van der Waals surface area contributed by atoms with Gasteiger partial charge in [-0.3, -0.25) is 4.79 Å². The summed E-state index contributed by atoms with van der Waals surface area (Å²) in [7, 11) is 1.58. The van der Waals surface area contributed by atoms with Gasteiger partial charge in [0.05, 0.1) is 17.3 Å². The minimum absolute atomic E-state index is 0.113. The Balaban J connectivity index is 2.53. The Morgan fingerprint density at radius 2 is 2.17 bits per heavy atom. The van der Waals surface area contributed by atoms with Crippen LogP contribution in [0.25, 0.3) is 0 Å². The lowest BCUT2D eigenvalue weighted by atomic mass is 10.2. The van der Waals surface area contributed by atoms with Crippen LogP contribution in [-0.4, -0.2) is 32.2 Å². The highest BCUT2D eigenvalue weighted by atomic mass is 35.5. The van der Waals surface area contributed by atoms with Crippen LogP contribution in [0.3, 0.4) is 0 Å². The molecule has 0 heterocycles. The van der Waals surface area contributed by atoms with E-state index in [4.69, 9.17) is 27.9 Å². The molecule has 0 aliphatic heterocycles. The summed E-state index contributed by atoms with van der Waals surface area (Å²) in [5, 5.41) is 6.80. The third-order valence-electron chi connectivity index (χ3n) is 2.30. The Morgan fingerprint density at radius 1 is 1.44 bits per heavy atom. The van der Waals surface area contributed by atoms with Gasteiger partial charge in [-0.2, -0.15) is 0 Å². The molecule has 0 aliphatic carbocycles. The normalized spacial score (nSPS) is 12.0. The molecule has 0 saturated heterocycles. The van der Waals surface area contributed by atoms with Crippen molar-refractivity contribution in [3.05, 3.63) is 28.2 Å². The van der Waals surface area contributed by atoms with E-state index in [0.717, 1.165) is 0 Å². The molecule has 4 nitrogen and oxygen atoms in total. The van der Waals surface area contributed by atoms with E-state index in [2.05, 4.69) is 10.6 Å². The van der Waals surface area contributed by atoms with Gasteiger partial charge in [-0.05, 0) is 25.1 Å². The quantitative estimate of drug-likeness (QED) is 0.792. The number of amides is 1. The van der Waals surface area contributed by atoms with E-state index in [0.29, 0.717) is 28.9 Å². The van der Waals surface area contributed by atoms with Gasteiger partial charge in [-0.15, -0.1) is 0 Å². The van der Waals surface area contributed by atoms with Crippen LogP contribution in [0.15, 0.2) is 18.2 Å². The zero-order valence-corrected chi connectivity index (χ0v) is 11.8. The van der Waals surface area contributed by atoms with Crippen molar-refractivity contribution in [1.29, 1.82) is 0 Å². The molecule has 1 unspecified atom stereocenters. The molecule has 1 aromatic carbocycles. The van der Waals surface area contributed by atoms with E-state index in [1.807, 2.05) is 0 Å². The predicted octanol–water partition coefficient (Wildman–Crippen LogP) is 2.56. The summed E-state index contributed by atoms with van der Waals surface area (Å²) >= 11 is 11.8. The van der Waals surface area contributed by atoms with E-state index in [9.17, 15) is 4.79 Å². The molecular formula is C12H16Cl2N2O2. The van der Waals surface area contributed by atoms with Crippen molar-refractivity contribution in [3.63, 3.8) is 0 Å². The summed E-state index contributed by atoms with van der Waals surface area (Å²) in [5.74, 6) is -0.113. The molecule has 1 rings (SSSR count). The zero-order chi connectivity index (χ0) is 13.5. The minimum Gasteiger partial charge on any atom is -0.383 e. The van der Waals surface area contributed by atoms with Crippen LogP contribution in [0.4, 0.5) is 5.69 Å². The molecule has 2 N–H and O–H groups in total. The molecule has 100 valence electrons. The number of rotatable bonds is 6. The van der Waals surface area contributed by atoms with Gasteiger partial charge < -0.3 is 15.4 Å². The molecule has 0 fully saturated rings. The van der Waals surface area contributed by atoms with Gasteiger partial charge in [-0.1, -0.05) is 23.2 Å². The molecule has 0 radical (unpaired) electrons. The van der Waals surface area contributed by atoms with Crippen LogP contribution < -0.4 is 10.6 Å². The fourth-order valence-corrected chi connectivity index (χ4v) is 1.80. The fraction of sp³-hybridized carbons (Fsp3) is 0.417. The second-order valence-electron chi connectivity index (χ2n) is 3.77. The highest BCUT2D eigenvalue weighted by molar-refractivity contribution is 6.36. The van der Waals surface area contributed by atoms with Crippen molar-refractivity contribution in [3.8, 4) is 0 Å². The van der Waals surface area contributed by atoms with Crippen molar-refractivity contribution < 1.29 is 9.53 Å². The molecular weight excluding hydrogens is 275 g/mol. The maximum absolute atomic E-state index is 11.7. The SMILES string of the molecule is COCCNC(=O)C(C)Nc1ccc(Cl)cc1Cl. The first-order valence-electron chi connectivity index (χ1n) is 5.53. The highest BCUT2D eigenvalue weighted by Gasteiger charge is 2.13. The number of benzene rings is 1. The van der Waals surface area contributed by atoms with Gasteiger partial charge in [0.25, 0.3) is 0 Å². The second-order valence-corrected chi connectivity index (χ2v) is 4.62. The van der Waals surface area contributed by atoms with Crippen LogP contribution >= 0.6 is 23.2 Å². The number of carbonyl (C=O) groups excluding carboxylic acids is 1. The molecule has 1 amide bonds. The maximum Gasteiger partial charge on any atom is 0.242 e. The minimum atomic E-state index is -0.388. The number of anilines is 1. The third-order valence-corrected chi connectivity index (χ3v) is 2.85. The maximum atomic E-state index is 11.7. The Hall–Kier alpha value is -0.970. The van der Waals surface area contributed by atoms with Crippen LogP contribution in [0.2, 0.25) is 10.0 Å². The monoisotopic (exact) mass is 290 g/mol. The van der Waals surface area contributed by atoms with Crippen molar-refractivity contribution in [1.82, 2.24) is 5.32 Å². The van der Waals surface area contributed by atoms with Gasteiger partial charge in [0, 0.05) is 18.7 Å². The first-order chi connectivity index (χ1) is 8.54. The summed E-state index contributed by atoms with van der Waals surface area (Å²) in [6.45, 7) is 2.73. The van der Waals surface area contributed by atoms with Crippen LogP contribution in [0.1, 0.15) is 6.92 Å². The summed E-state index contributed by atoms with van der Waals surface area (Å²) in [6, 6.07) is 4.69. The molecule has 1 atom stereocenters. The van der Waals surface area contributed by atoms with E-state index in [-0.39, 0.29) is 11.9 Å². The first-order valence-corrected chi connectivity index (χ1v) is 6.28. The van der Waals surface area contributed by atoms with E-state index in [1.54, 1.807) is 32.2 Å². The zero-order valence-electron chi connectivity index (χ0n) is 10.3. The molecule has 0 aromatic heterocycles. The van der Waals surface area contributed by atoms with Crippen molar-refractivity contribution in [2.75, 3.05) is 25.6 Å². The van der Waals surface area contributed by atoms with Gasteiger partial charge in [-0.25, -0.2) is 0 Å². The van der Waals surface area contributed by atoms with Crippen LogP contribution in [-0.2, 0) is 9.53 Å². The van der Waals surface area contributed by atoms with E-state index >= 15 is 0 Å². The lowest BCUT2D eigenvalue weighted by molar-refractivity contribution is -0.121. The highest BCUT2D eigenvalue weighted by Crippen LogP contribution is 2.25. The van der Waals surface area contributed by atoms with Gasteiger partial charge in [0.1, 0.15) is 6.04 Å². The van der Waals surface area contributed by atoms with Gasteiger partial charge >= 0.3 is 0 Å². The molecule has 6 heteroatoms. The van der Waals surface area contributed by atoms with E-state index < -0.39 is 0 Å². The largest absolute Gasteiger partial charge is 0.383 e. The lowest BCUT2D eigenvalue weighted by Crippen LogP contribution is -2.39. The Labute approximate surface area is 117 Å². The number of hydrogen-bond acceptors (Lipinski definition) is 3. The standard InChI is InChI=1S/C12H16Cl2N2O2/c1-8(12(17)15-5-6-18-2)16-11-4-3-9(13)7-10(11)14/h3-4,7-8,16H,5-6H2,1-2H3,(H,15,17). The van der Waals surface area contributed by atoms with Crippen molar-refractivity contribution in [2.24, 2.45) is 0 Å². The Kier molecular flexibility index (Phi) is 6.25. The van der Waals surface area contributed by atoms with Gasteiger partial charge in [0.15, 0.2) is 0 Å². The fourth-order valence-electron chi connectivity index (χ4n) is 1.33. The summed E-state index contributed by atoms with van der Waals surface area (Å²) in [6.07, 6.45) is 0. The number of ether oxygens (including phenoxy) is 1. The summed E-state index contributed by atoms with van der Waals surface area (Å²) < 4.78 is 4.85. The Bertz CT molecular complexity index is 413. The molecule has 0 bridgehead atoms. The molecule has 18 heavy (non-hydrogen) atoms. The van der Waals surface area contributed by atoms with Crippen molar-refractivity contribution >= 4 is 34.8 Å². The van der Waals surface area contributed by atoms with Crippen LogP contribution in [0, 0.1) is 0 Å². The number of methoxy groups -OCH3 is 1. The molecule has 1 aromatic rings. The average molecular weight is 291 g/mol.